The summed E-state index contributed by atoms with van der Waals surface area (Å²) in [5.74, 6) is 0. The Hall–Kier alpha value is -1.63. The summed E-state index contributed by atoms with van der Waals surface area (Å²) in [6.45, 7) is 7.87. The number of carbonyl (C=O) groups excluding carboxylic acids is 1. The molecule has 6 heteroatoms. The fourth-order valence-corrected chi connectivity index (χ4v) is 2.58. The van der Waals surface area contributed by atoms with Crippen LogP contribution in [0.15, 0.2) is 30.3 Å². The highest BCUT2D eigenvalue weighted by atomic mass is 16.5. The molecule has 0 bridgehead atoms. The second-order valence-electron chi connectivity index (χ2n) is 6.95. The van der Waals surface area contributed by atoms with Crippen molar-refractivity contribution in [2.75, 3.05) is 39.9 Å². The molecule has 6 nitrogen and oxygen atoms in total. The number of likely N-dealkylation sites (N-methyl/N-ethyl adjacent to an activating group) is 1. The standard InChI is InChI=1S/C18H29N3O3/c1-18(2,14-23-13-15-7-5-4-6-8-15)20-17(22)19-11-16-12-21(3)9-10-24-16/h4-8,16H,9-14H2,1-3H3,(H2,19,20,22)/t16-/m1/s1. The molecule has 1 fully saturated rings. The molecule has 2 N–H and O–H groups in total. The molecule has 0 saturated carbocycles. The summed E-state index contributed by atoms with van der Waals surface area (Å²) in [7, 11) is 2.06. The summed E-state index contributed by atoms with van der Waals surface area (Å²) in [6.07, 6.45) is 0.0481. The number of carbonyl (C=O) groups is 1. The van der Waals surface area contributed by atoms with Crippen molar-refractivity contribution < 1.29 is 14.3 Å². The average Bonchev–Trinajstić information content (AvgIpc) is 2.53. The molecule has 0 aromatic heterocycles. The largest absolute Gasteiger partial charge is 0.374 e. The number of benzene rings is 1. The van der Waals surface area contributed by atoms with Crippen LogP contribution < -0.4 is 10.6 Å². The van der Waals surface area contributed by atoms with Crippen molar-refractivity contribution in [3.05, 3.63) is 35.9 Å². The number of rotatable bonds is 7. The van der Waals surface area contributed by atoms with E-state index < -0.39 is 5.54 Å². The third-order valence-corrected chi connectivity index (χ3v) is 3.86. The minimum Gasteiger partial charge on any atom is -0.374 e. The van der Waals surface area contributed by atoms with E-state index in [9.17, 15) is 4.79 Å². The Labute approximate surface area is 144 Å². The first-order valence-electron chi connectivity index (χ1n) is 8.42. The molecule has 2 amide bonds. The highest BCUT2D eigenvalue weighted by molar-refractivity contribution is 5.74. The summed E-state index contributed by atoms with van der Waals surface area (Å²) < 4.78 is 11.4. The molecule has 2 rings (SSSR count). The van der Waals surface area contributed by atoms with E-state index in [0.29, 0.717) is 26.4 Å². The fourth-order valence-electron chi connectivity index (χ4n) is 2.58. The molecule has 1 aliphatic heterocycles. The Morgan fingerprint density at radius 2 is 2.12 bits per heavy atom. The number of amides is 2. The zero-order chi connectivity index (χ0) is 17.4. The van der Waals surface area contributed by atoms with Crippen molar-refractivity contribution in [2.45, 2.75) is 32.1 Å². The minimum absolute atomic E-state index is 0.0481. The second-order valence-corrected chi connectivity index (χ2v) is 6.95. The van der Waals surface area contributed by atoms with Crippen LogP contribution in [0.4, 0.5) is 4.79 Å². The number of ether oxygens (including phenoxy) is 2. The quantitative estimate of drug-likeness (QED) is 0.795. The van der Waals surface area contributed by atoms with E-state index in [1.54, 1.807) is 0 Å². The smallest absolute Gasteiger partial charge is 0.315 e. The molecule has 1 aliphatic rings. The maximum Gasteiger partial charge on any atom is 0.315 e. The maximum absolute atomic E-state index is 12.1. The Kier molecular flexibility index (Phi) is 7.02. The van der Waals surface area contributed by atoms with Crippen molar-refractivity contribution >= 4 is 6.03 Å². The predicted octanol–water partition coefficient (Wildman–Crippen LogP) is 1.61. The minimum atomic E-state index is -0.441. The third kappa shape index (κ3) is 6.86. The first-order chi connectivity index (χ1) is 11.4. The Morgan fingerprint density at radius 1 is 1.38 bits per heavy atom. The van der Waals surface area contributed by atoms with Gasteiger partial charge in [-0.25, -0.2) is 4.79 Å². The molecule has 1 atom stereocenters. The topological polar surface area (TPSA) is 62.8 Å². The van der Waals surface area contributed by atoms with Gasteiger partial charge >= 0.3 is 6.03 Å². The van der Waals surface area contributed by atoms with Crippen LogP contribution in [0.2, 0.25) is 0 Å². The van der Waals surface area contributed by atoms with Gasteiger partial charge in [-0.15, -0.1) is 0 Å². The lowest BCUT2D eigenvalue weighted by molar-refractivity contribution is -0.0169. The van der Waals surface area contributed by atoms with E-state index in [4.69, 9.17) is 9.47 Å². The number of hydrogen-bond acceptors (Lipinski definition) is 4. The van der Waals surface area contributed by atoms with E-state index >= 15 is 0 Å². The van der Waals surface area contributed by atoms with Gasteiger partial charge in [-0.3, -0.25) is 0 Å². The van der Waals surface area contributed by atoms with E-state index in [0.717, 1.165) is 18.7 Å². The summed E-state index contributed by atoms with van der Waals surface area (Å²) >= 11 is 0. The van der Waals surface area contributed by atoms with Crippen molar-refractivity contribution in [1.82, 2.24) is 15.5 Å². The van der Waals surface area contributed by atoms with Gasteiger partial charge in [0.25, 0.3) is 0 Å². The molecule has 134 valence electrons. The highest BCUT2D eigenvalue weighted by Gasteiger charge is 2.22. The number of nitrogens with zero attached hydrogens (tertiary/aromatic N) is 1. The lowest BCUT2D eigenvalue weighted by Crippen LogP contribution is -2.53. The first-order valence-corrected chi connectivity index (χ1v) is 8.42. The number of nitrogens with one attached hydrogen (secondary N) is 2. The number of morpholine rings is 1. The molecule has 0 aliphatic carbocycles. The van der Waals surface area contributed by atoms with Crippen molar-refractivity contribution in [3.8, 4) is 0 Å². The Bertz CT molecular complexity index is 507. The van der Waals surface area contributed by atoms with Gasteiger partial charge in [0.2, 0.25) is 0 Å². The van der Waals surface area contributed by atoms with Crippen LogP contribution >= 0.6 is 0 Å². The molecule has 1 saturated heterocycles. The van der Waals surface area contributed by atoms with Crippen LogP contribution in [0, 0.1) is 0 Å². The summed E-state index contributed by atoms with van der Waals surface area (Å²) in [5.41, 5.74) is 0.680. The van der Waals surface area contributed by atoms with Crippen LogP contribution in [0.3, 0.4) is 0 Å². The monoisotopic (exact) mass is 335 g/mol. The SMILES string of the molecule is CN1CCO[C@H](CNC(=O)NC(C)(C)COCc2ccccc2)C1. The highest BCUT2D eigenvalue weighted by Crippen LogP contribution is 2.07. The van der Waals surface area contributed by atoms with Crippen LogP contribution in [-0.4, -0.2) is 62.5 Å². The van der Waals surface area contributed by atoms with Gasteiger partial charge in [0.15, 0.2) is 0 Å². The first kappa shape index (κ1) is 18.7. The summed E-state index contributed by atoms with van der Waals surface area (Å²) in [6, 6.07) is 9.80. The van der Waals surface area contributed by atoms with E-state index in [-0.39, 0.29) is 12.1 Å². The van der Waals surface area contributed by atoms with Crippen LogP contribution in [-0.2, 0) is 16.1 Å². The molecule has 1 aromatic carbocycles. The van der Waals surface area contributed by atoms with Gasteiger partial charge in [0, 0.05) is 19.6 Å². The van der Waals surface area contributed by atoms with Crippen molar-refractivity contribution in [1.29, 1.82) is 0 Å². The van der Waals surface area contributed by atoms with Crippen molar-refractivity contribution in [2.24, 2.45) is 0 Å². The van der Waals surface area contributed by atoms with E-state index in [1.165, 1.54) is 0 Å². The lowest BCUT2D eigenvalue weighted by atomic mass is 10.1. The van der Waals surface area contributed by atoms with Crippen LogP contribution in [0.25, 0.3) is 0 Å². The summed E-state index contributed by atoms with van der Waals surface area (Å²) in [4.78, 5) is 14.3. The zero-order valence-electron chi connectivity index (χ0n) is 14.9. The fraction of sp³-hybridized carbons (Fsp3) is 0.611. The number of urea groups is 1. The van der Waals surface area contributed by atoms with Crippen LogP contribution in [0.5, 0.6) is 0 Å². The molecule has 24 heavy (non-hydrogen) atoms. The van der Waals surface area contributed by atoms with E-state index in [2.05, 4.69) is 22.6 Å². The predicted molar refractivity (Wildman–Crippen MR) is 93.9 cm³/mol. The number of hydrogen-bond donors (Lipinski definition) is 2. The van der Waals surface area contributed by atoms with Gasteiger partial charge in [-0.1, -0.05) is 30.3 Å². The molecule has 0 unspecified atom stereocenters. The van der Waals surface area contributed by atoms with E-state index in [1.807, 2.05) is 44.2 Å². The third-order valence-electron chi connectivity index (χ3n) is 3.86. The van der Waals surface area contributed by atoms with Gasteiger partial charge in [0.05, 0.1) is 31.5 Å². The van der Waals surface area contributed by atoms with Crippen molar-refractivity contribution in [3.63, 3.8) is 0 Å². The van der Waals surface area contributed by atoms with Crippen LogP contribution in [0.1, 0.15) is 19.4 Å². The Balaban J connectivity index is 1.65. The molecule has 1 heterocycles. The van der Waals surface area contributed by atoms with Gasteiger partial charge in [0.1, 0.15) is 0 Å². The maximum atomic E-state index is 12.1. The molecule has 0 radical (unpaired) electrons. The molecule has 0 spiro atoms. The zero-order valence-corrected chi connectivity index (χ0v) is 14.9. The normalized spacial score (nSPS) is 19.0. The van der Waals surface area contributed by atoms with Gasteiger partial charge in [-0.2, -0.15) is 0 Å². The van der Waals surface area contributed by atoms with Gasteiger partial charge in [-0.05, 0) is 26.5 Å². The second kappa shape index (κ2) is 9.01. The van der Waals surface area contributed by atoms with Gasteiger partial charge < -0.3 is 25.0 Å². The molecular formula is C18H29N3O3. The average molecular weight is 335 g/mol. The lowest BCUT2D eigenvalue weighted by Gasteiger charge is -2.31. The Morgan fingerprint density at radius 3 is 2.83 bits per heavy atom. The molecule has 1 aromatic rings. The molecular weight excluding hydrogens is 306 g/mol. The summed E-state index contributed by atoms with van der Waals surface area (Å²) in [5, 5.41) is 5.83.